The third-order valence-electron chi connectivity index (χ3n) is 1.93. The van der Waals surface area contributed by atoms with Gasteiger partial charge in [-0.2, -0.15) is 0 Å². The highest BCUT2D eigenvalue weighted by molar-refractivity contribution is 5.41. The molecule has 2 aromatic rings. The van der Waals surface area contributed by atoms with Crippen LogP contribution in [-0.2, 0) is 0 Å². The van der Waals surface area contributed by atoms with Crippen LogP contribution in [0.15, 0.2) is 24.4 Å². The minimum absolute atomic E-state index is 0.306. The molecular formula is C9H9FN4. The Hall–Kier alpha value is -1.91. The summed E-state index contributed by atoms with van der Waals surface area (Å²) >= 11 is 0. The second kappa shape index (κ2) is 3.10. The number of rotatable bonds is 1. The van der Waals surface area contributed by atoms with Crippen molar-refractivity contribution in [1.29, 1.82) is 0 Å². The number of nitrogen functional groups attached to an aromatic ring is 1. The zero-order chi connectivity index (χ0) is 10.1. The molecule has 1 heterocycles. The summed E-state index contributed by atoms with van der Waals surface area (Å²) in [4.78, 5) is 0. The van der Waals surface area contributed by atoms with Gasteiger partial charge in [-0.3, -0.25) is 0 Å². The van der Waals surface area contributed by atoms with E-state index in [2.05, 4.69) is 10.3 Å². The van der Waals surface area contributed by atoms with Crippen LogP contribution in [0.4, 0.5) is 10.2 Å². The minimum Gasteiger partial charge on any atom is -0.381 e. The molecule has 2 rings (SSSR count). The van der Waals surface area contributed by atoms with Crippen LogP contribution in [0.3, 0.4) is 0 Å². The Labute approximate surface area is 80.2 Å². The summed E-state index contributed by atoms with van der Waals surface area (Å²) in [6, 6.07) is 4.48. The van der Waals surface area contributed by atoms with Gasteiger partial charge in [0.1, 0.15) is 5.82 Å². The summed E-state index contributed by atoms with van der Waals surface area (Å²) in [6.07, 6.45) is 1.54. The zero-order valence-corrected chi connectivity index (χ0v) is 7.61. The average molecular weight is 192 g/mol. The molecule has 2 N–H and O–H groups in total. The van der Waals surface area contributed by atoms with Crippen molar-refractivity contribution < 1.29 is 4.39 Å². The first-order valence-corrected chi connectivity index (χ1v) is 4.11. The Balaban J connectivity index is 2.55. The molecule has 5 heteroatoms. The Morgan fingerprint density at radius 1 is 1.43 bits per heavy atom. The molecular weight excluding hydrogens is 183 g/mol. The Bertz CT molecular complexity index is 464. The third kappa shape index (κ3) is 1.44. The van der Waals surface area contributed by atoms with Crippen LogP contribution in [0.25, 0.3) is 5.69 Å². The average Bonchev–Trinajstić information content (AvgIpc) is 2.56. The van der Waals surface area contributed by atoms with E-state index in [0.29, 0.717) is 11.5 Å². The zero-order valence-electron chi connectivity index (χ0n) is 7.61. The number of nitrogens with zero attached hydrogens (tertiary/aromatic N) is 3. The molecule has 4 nitrogen and oxygen atoms in total. The molecule has 1 aromatic heterocycles. The van der Waals surface area contributed by atoms with E-state index in [1.54, 1.807) is 12.3 Å². The van der Waals surface area contributed by atoms with Crippen molar-refractivity contribution in [3.05, 3.63) is 35.8 Å². The molecule has 0 amide bonds. The molecule has 0 aliphatic carbocycles. The quantitative estimate of drug-likeness (QED) is 0.740. The highest BCUT2D eigenvalue weighted by atomic mass is 19.1. The van der Waals surface area contributed by atoms with E-state index in [1.807, 2.05) is 6.92 Å². The predicted octanol–water partition coefficient (Wildman–Crippen LogP) is 1.30. The van der Waals surface area contributed by atoms with Gasteiger partial charge in [-0.05, 0) is 24.6 Å². The summed E-state index contributed by atoms with van der Waals surface area (Å²) in [5, 5.41) is 7.40. The van der Waals surface area contributed by atoms with E-state index in [1.165, 1.54) is 16.8 Å². The van der Waals surface area contributed by atoms with E-state index >= 15 is 0 Å². The summed E-state index contributed by atoms with van der Waals surface area (Å²) < 4.78 is 14.4. The van der Waals surface area contributed by atoms with E-state index in [-0.39, 0.29) is 5.82 Å². The summed E-state index contributed by atoms with van der Waals surface area (Å²) in [7, 11) is 0. The maximum Gasteiger partial charge on any atom is 0.166 e. The molecule has 0 saturated heterocycles. The second-order valence-corrected chi connectivity index (χ2v) is 3.02. The minimum atomic E-state index is -0.306. The number of nitrogens with two attached hydrogens (primary N) is 1. The number of anilines is 1. The Morgan fingerprint density at radius 2 is 2.21 bits per heavy atom. The molecule has 72 valence electrons. The van der Waals surface area contributed by atoms with Crippen molar-refractivity contribution in [2.45, 2.75) is 6.92 Å². The van der Waals surface area contributed by atoms with Crippen LogP contribution in [0.5, 0.6) is 0 Å². The second-order valence-electron chi connectivity index (χ2n) is 3.02. The third-order valence-corrected chi connectivity index (χ3v) is 1.93. The van der Waals surface area contributed by atoms with Crippen LogP contribution < -0.4 is 5.73 Å². The van der Waals surface area contributed by atoms with Crippen LogP contribution in [-0.4, -0.2) is 15.0 Å². The van der Waals surface area contributed by atoms with Crippen molar-refractivity contribution in [2.75, 3.05) is 5.73 Å². The SMILES string of the molecule is Cc1ccc(F)cc1-n1cc(N)nn1. The van der Waals surface area contributed by atoms with Crippen molar-refractivity contribution in [3.8, 4) is 5.69 Å². The van der Waals surface area contributed by atoms with Crippen molar-refractivity contribution in [3.63, 3.8) is 0 Å². The van der Waals surface area contributed by atoms with Gasteiger partial charge in [-0.1, -0.05) is 11.3 Å². The summed E-state index contributed by atoms with van der Waals surface area (Å²) in [6.45, 7) is 1.87. The standard InChI is InChI=1S/C9H9FN4/c1-6-2-3-7(10)4-8(6)14-5-9(11)12-13-14/h2-5H,11H2,1H3. The van der Waals surface area contributed by atoms with Crippen LogP contribution in [0, 0.1) is 12.7 Å². The maximum absolute atomic E-state index is 12.9. The van der Waals surface area contributed by atoms with Crippen LogP contribution in [0.2, 0.25) is 0 Å². The highest BCUT2D eigenvalue weighted by Gasteiger charge is 2.04. The van der Waals surface area contributed by atoms with Gasteiger partial charge in [-0.15, -0.1) is 5.10 Å². The first kappa shape index (κ1) is 8.68. The largest absolute Gasteiger partial charge is 0.381 e. The van der Waals surface area contributed by atoms with Gasteiger partial charge >= 0.3 is 0 Å². The number of hydrogen-bond acceptors (Lipinski definition) is 3. The van der Waals surface area contributed by atoms with Gasteiger partial charge in [-0.25, -0.2) is 9.07 Å². The molecule has 0 spiro atoms. The summed E-state index contributed by atoms with van der Waals surface area (Å²) in [5.74, 6) is 0.00772. The number of aromatic nitrogens is 3. The van der Waals surface area contributed by atoms with Gasteiger partial charge in [0.25, 0.3) is 0 Å². The molecule has 0 atom stereocenters. The fourth-order valence-corrected chi connectivity index (χ4v) is 1.22. The molecule has 14 heavy (non-hydrogen) atoms. The Morgan fingerprint density at radius 3 is 2.86 bits per heavy atom. The highest BCUT2D eigenvalue weighted by Crippen LogP contribution is 2.14. The molecule has 0 bridgehead atoms. The van der Waals surface area contributed by atoms with Gasteiger partial charge in [0.15, 0.2) is 5.82 Å². The lowest BCUT2D eigenvalue weighted by Crippen LogP contribution is -1.98. The van der Waals surface area contributed by atoms with Gasteiger partial charge in [0.05, 0.1) is 11.9 Å². The normalized spacial score (nSPS) is 10.4. The molecule has 0 saturated carbocycles. The lowest BCUT2D eigenvalue weighted by molar-refractivity contribution is 0.624. The molecule has 1 aromatic carbocycles. The van der Waals surface area contributed by atoms with Gasteiger partial charge in [0.2, 0.25) is 0 Å². The molecule has 0 aliphatic rings. The fraction of sp³-hybridized carbons (Fsp3) is 0.111. The summed E-state index contributed by atoms with van der Waals surface area (Å²) in [5.41, 5.74) is 6.98. The lowest BCUT2D eigenvalue weighted by Gasteiger charge is -2.03. The maximum atomic E-state index is 12.9. The van der Waals surface area contributed by atoms with E-state index in [0.717, 1.165) is 5.56 Å². The first-order chi connectivity index (χ1) is 6.66. The predicted molar refractivity (Wildman–Crippen MR) is 50.5 cm³/mol. The number of halogens is 1. The van der Waals surface area contributed by atoms with Crippen LogP contribution in [0.1, 0.15) is 5.56 Å². The van der Waals surface area contributed by atoms with Crippen molar-refractivity contribution >= 4 is 5.82 Å². The monoisotopic (exact) mass is 192 g/mol. The topological polar surface area (TPSA) is 56.7 Å². The van der Waals surface area contributed by atoms with Gasteiger partial charge < -0.3 is 5.73 Å². The van der Waals surface area contributed by atoms with Crippen molar-refractivity contribution in [1.82, 2.24) is 15.0 Å². The van der Waals surface area contributed by atoms with Crippen molar-refractivity contribution in [2.24, 2.45) is 0 Å². The van der Waals surface area contributed by atoms with E-state index < -0.39 is 0 Å². The van der Waals surface area contributed by atoms with E-state index in [9.17, 15) is 4.39 Å². The fourth-order valence-electron chi connectivity index (χ4n) is 1.22. The smallest absolute Gasteiger partial charge is 0.166 e. The molecule has 0 aliphatic heterocycles. The number of hydrogen-bond donors (Lipinski definition) is 1. The molecule has 0 radical (unpaired) electrons. The lowest BCUT2D eigenvalue weighted by atomic mass is 10.2. The number of benzene rings is 1. The van der Waals surface area contributed by atoms with E-state index in [4.69, 9.17) is 5.73 Å². The Kier molecular flexibility index (Phi) is 1.92. The first-order valence-electron chi connectivity index (χ1n) is 4.11. The molecule has 0 unspecified atom stereocenters. The number of aryl methyl sites for hydroxylation is 1. The molecule has 0 fully saturated rings. The van der Waals surface area contributed by atoms with Gasteiger partial charge in [0, 0.05) is 0 Å². The van der Waals surface area contributed by atoms with Crippen LogP contribution >= 0.6 is 0 Å².